The average molecular weight is 282 g/mol. The van der Waals surface area contributed by atoms with E-state index in [1.165, 1.54) is 0 Å². The first-order valence-electron chi connectivity index (χ1n) is 6.64. The molecule has 1 unspecified atom stereocenters. The van der Waals surface area contributed by atoms with Gasteiger partial charge in [0, 0.05) is 25.1 Å². The third kappa shape index (κ3) is 3.07. The van der Waals surface area contributed by atoms with E-state index in [9.17, 15) is 0 Å². The number of nitrogens with zero attached hydrogens (tertiary/aromatic N) is 3. The van der Waals surface area contributed by atoms with Crippen LogP contribution >= 0.6 is 11.6 Å². The van der Waals surface area contributed by atoms with Crippen molar-refractivity contribution in [2.45, 2.75) is 33.2 Å². The minimum Gasteiger partial charge on any atom is -0.380 e. The number of fused-ring (bicyclic) bond motifs is 1. The van der Waals surface area contributed by atoms with Crippen LogP contribution in [0, 0.1) is 6.92 Å². The Kier molecular flexibility index (Phi) is 4.77. The number of pyridine rings is 1. The predicted molar refractivity (Wildman–Crippen MR) is 77.9 cm³/mol. The molecule has 2 aromatic heterocycles. The molecule has 4 nitrogen and oxygen atoms in total. The Hall–Kier alpha value is -1.13. The summed E-state index contributed by atoms with van der Waals surface area (Å²) in [7, 11) is 0. The number of ether oxygens (including phenoxy) is 1. The van der Waals surface area contributed by atoms with Gasteiger partial charge in [-0.3, -0.25) is 0 Å². The van der Waals surface area contributed by atoms with E-state index >= 15 is 0 Å². The third-order valence-corrected chi connectivity index (χ3v) is 3.25. The second-order valence-corrected chi connectivity index (χ2v) is 5.08. The average Bonchev–Trinajstić information content (AvgIpc) is 2.73. The lowest BCUT2D eigenvalue weighted by molar-refractivity contribution is 0.119. The largest absolute Gasteiger partial charge is 0.380 e. The number of halogens is 1. The molecule has 2 rings (SSSR count). The molecule has 0 saturated heterocycles. The van der Waals surface area contributed by atoms with Gasteiger partial charge in [0.05, 0.1) is 12.6 Å². The summed E-state index contributed by atoms with van der Waals surface area (Å²) in [5.74, 6) is 1.54. The van der Waals surface area contributed by atoms with Crippen molar-refractivity contribution in [3.8, 4) is 0 Å². The molecule has 0 radical (unpaired) electrons. The van der Waals surface area contributed by atoms with E-state index in [1.807, 2.05) is 20.0 Å². The van der Waals surface area contributed by atoms with E-state index in [1.54, 1.807) is 0 Å². The fraction of sp³-hybridized carbons (Fsp3) is 0.571. The standard InChI is InChI=1S/C14H20ClN3O/c1-4-19-9-11(3)18-13(5-6-15)17-12-7-10(2)8-16-14(12)18/h7-8,11H,4-6,9H2,1-3H3. The summed E-state index contributed by atoms with van der Waals surface area (Å²) in [5, 5.41) is 0. The van der Waals surface area contributed by atoms with Crippen LogP contribution in [0.1, 0.15) is 31.3 Å². The Morgan fingerprint density at radius 2 is 2.26 bits per heavy atom. The summed E-state index contributed by atoms with van der Waals surface area (Å²) in [5.41, 5.74) is 2.97. The molecule has 0 bridgehead atoms. The summed E-state index contributed by atoms with van der Waals surface area (Å²) < 4.78 is 7.66. The van der Waals surface area contributed by atoms with E-state index in [4.69, 9.17) is 16.3 Å². The third-order valence-electron chi connectivity index (χ3n) is 3.06. The van der Waals surface area contributed by atoms with Crippen LogP contribution in [0.4, 0.5) is 0 Å². The second kappa shape index (κ2) is 6.35. The van der Waals surface area contributed by atoms with Gasteiger partial charge in [-0.1, -0.05) is 0 Å². The van der Waals surface area contributed by atoms with Gasteiger partial charge in [0.15, 0.2) is 5.65 Å². The highest BCUT2D eigenvalue weighted by Crippen LogP contribution is 2.21. The highest BCUT2D eigenvalue weighted by molar-refractivity contribution is 6.17. The Labute approximate surface area is 118 Å². The van der Waals surface area contributed by atoms with Crippen LogP contribution in [0.2, 0.25) is 0 Å². The molecule has 0 aliphatic heterocycles. The lowest BCUT2D eigenvalue weighted by atomic mass is 10.3. The molecule has 19 heavy (non-hydrogen) atoms. The van der Waals surface area contributed by atoms with Gasteiger partial charge in [0.25, 0.3) is 0 Å². The van der Waals surface area contributed by atoms with Gasteiger partial charge in [0.2, 0.25) is 0 Å². The van der Waals surface area contributed by atoms with Crippen molar-refractivity contribution >= 4 is 22.8 Å². The maximum absolute atomic E-state index is 5.87. The number of aromatic nitrogens is 3. The van der Waals surface area contributed by atoms with E-state index < -0.39 is 0 Å². The van der Waals surface area contributed by atoms with Crippen molar-refractivity contribution in [2.24, 2.45) is 0 Å². The van der Waals surface area contributed by atoms with E-state index in [0.717, 1.165) is 29.0 Å². The van der Waals surface area contributed by atoms with Crippen molar-refractivity contribution in [3.63, 3.8) is 0 Å². The SMILES string of the molecule is CCOCC(C)n1c(CCCl)nc2cc(C)cnc21. The quantitative estimate of drug-likeness (QED) is 0.764. The zero-order valence-corrected chi connectivity index (χ0v) is 12.4. The smallest absolute Gasteiger partial charge is 0.160 e. The maximum atomic E-state index is 5.87. The summed E-state index contributed by atoms with van der Waals surface area (Å²) >= 11 is 5.87. The summed E-state index contributed by atoms with van der Waals surface area (Å²) in [6, 6.07) is 2.27. The minimum atomic E-state index is 0.207. The van der Waals surface area contributed by atoms with Gasteiger partial charge in [-0.05, 0) is 32.4 Å². The Bertz CT molecular complexity index is 553. The summed E-state index contributed by atoms with van der Waals surface area (Å²) in [6.07, 6.45) is 2.62. The number of alkyl halides is 1. The number of aryl methyl sites for hydroxylation is 2. The van der Waals surface area contributed by atoms with Gasteiger partial charge >= 0.3 is 0 Å². The Morgan fingerprint density at radius 3 is 2.95 bits per heavy atom. The van der Waals surface area contributed by atoms with E-state index in [-0.39, 0.29) is 6.04 Å². The number of rotatable bonds is 6. The molecule has 0 aliphatic carbocycles. The van der Waals surface area contributed by atoms with Gasteiger partial charge < -0.3 is 9.30 Å². The van der Waals surface area contributed by atoms with Crippen molar-refractivity contribution in [2.75, 3.05) is 19.1 Å². The predicted octanol–water partition coefficient (Wildman–Crippen LogP) is 3.12. The lowest BCUT2D eigenvalue weighted by Gasteiger charge is -2.16. The second-order valence-electron chi connectivity index (χ2n) is 4.70. The van der Waals surface area contributed by atoms with Gasteiger partial charge in [0.1, 0.15) is 11.3 Å². The molecule has 0 N–H and O–H groups in total. The van der Waals surface area contributed by atoms with Gasteiger partial charge in [-0.15, -0.1) is 11.6 Å². The molecule has 0 saturated carbocycles. The molecule has 104 valence electrons. The van der Waals surface area contributed by atoms with E-state index in [2.05, 4.69) is 27.5 Å². The topological polar surface area (TPSA) is 39.9 Å². The first-order chi connectivity index (χ1) is 9.17. The fourth-order valence-electron chi connectivity index (χ4n) is 2.22. The summed E-state index contributed by atoms with van der Waals surface area (Å²) in [4.78, 5) is 9.17. The molecular formula is C14H20ClN3O. The number of hydrogen-bond acceptors (Lipinski definition) is 3. The molecule has 2 heterocycles. The first-order valence-corrected chi connectivity index (χ1v) is 7.18. The highest BCUT2D eigenvalue weighted by atomic mass is 35.5. The maximum Gasteiger partial charge on any atom is 0.160 e. The lowest BCUT2D eigenvalue weighted by Crippen LogP contribution is -2.16. The molecule has 1 atom stereocenters. The van der Waals surface area contributed by atoms with Crippen LogP contribution in [0.3, 0.4) is 0 Å². The summed E-state index contributed by atoms with van der Waals surface area (Å²) in [6.45, 7) is 7.52. The molecule has 2 aromatic rings. The van der Waals surface area contributed by atoms with E-state index in [0.29, 0.717) is 19.1 Å². The van der Waals surface area contributed by atoms with Crippen LogP contribution in [0.5, 0.6) is 0 Å². The Balaban J connectivity index is 2.45. The molecule has 0 amide bonds. The van der Waals surface area contributed by atoms with Crippen molar-refractivity contribution in [3.05, 3.63) is 23.7 Å². The Morgan fingerprint density at radius 1 is 1.47 bits per heavy atom. The van der Waals surface area contributed by atoms with Crippen molar-refractivity contribution in [1.82, 2.24) is 14.5 Å². The fourth-order valence-corrected chi connectivity index (χ4v) is 2.39. The van der Waals surface area contributed by atoms with Crippen LogP contribution in [0.25, 0.3) is 11.2 Å². The monoisotopic (exact) mass is 281 g/mol. The molecule has 0 aliphatic rings. The molecule has 0 spiro atoms. The van der Waals surface area contributed by atoms with Crippen LogP contribution in [-0.2, 0) is 11.2 Å². The minimum absolute atomic E-state index is 0.207. The highest BCUT2D eigenvalue weighted by Gasteiger charge is 2.16. The van der Waals surface area contributed by atoms with Crippen LogP contribution in [0.15, 0.2) is 12.3 Å². The normalized spacial score (nSPS) is 13.1. The molecule has 0 fully saturated rings. The number of imidazole rings is 1. The van der Waals surface area contributed by atoms with Gasteiger partial charge in [-0.25, -0.2) is 9.97 Å². The van der Waals surface area contributed by atoms with Crippen molar-refractivity contribution in [1.29, 1.82) is 0 Å². The van der Waals surface area contributed by atoms with Crippen LogP contribution < -0.4 is 0 Å². The van der Waals surface area contributed by atoms with Crippen molar-refractivity contribution < 1.29 is 4.74 Å². The van der Waals surface area contributed by atoms with Gasteiger partial charge in [-0.2, -0.15) is 0 Å². The van der Waals surface area contributed by atoms with Crippen LogP contribution in [-0.4, -0.2) is 33.6 Å². The zero-order valence-electron chi connectivity index (χ0n) is 11.7. The molecular weight excluding hydrogens is 262 g/mol. The zero-order chi connectivity index (χ0) is 13.8. The first kappa shape index (κ1) is 14.3. The number of hydrogen-bond donors (Lipinski definition) is 0. The molecule has 0 aromatic carbocycles. The molecule has 5 heteroatoms.